The first-order chi connectivity index (χ1) is 27.5. The lowest BCUT2D eigenvalue weighted by molar-refractivity contribution is 0.563. The molecular weight excluding hydrogens is 675 g/mol. The molecule has 0 aliphatic heterocycles. The Morgan fingerprint density at radius 2 is 1.11 bits per heavy atom. The monoisotopic (exact) mass is 715 g/mol. The van der Waals surface area contributed by atoms with Crippen molar-refractivity contribution in [2.24, 2.45) is 0 Å². The summed E-state index contributed by atoms with van der Waals surface area (Å²) in [6.45, 7) is 4.79. The molecule has 0 N–H and O–H groups in total. The molecule has 0 radical (unpaired) electrons. The second-order valence-electron chi connectivity index (χ2n) is 16.1. The third-order valence-electron chi connectivity index (χ3n) is 12.8. The molecule has 1 spiro atoms. The van der Waals surface area contributed by atoms with Crippen molar-refractivity contribution >= 4 is 16.3 Å². The zero-order chi connectivity index (χ0) is 37.4. The van der Waals surface area contributed by atoms with Crippen LogP contribution in [-0.2, 0) is 10.8 Å². The van der Waals surface area contributed by atoms with E-state index in [0.717, 1.165) is 24.2 Å². The average molecular weight is 716 g/mol. The second-order valence-corrected chi connectivity index (χ2v) is 16.1. The van der Waals surface area contributed by atoms with Gasteiger partial charge in [0.2, 0.25) is 0 Å². The number of pyridine rings is 1. The van der Waals surface area contributed by atoms with Gasteiger partial charge in [0.05, 0.1) is 16.8 Å². The number of nitrogens with zero attached hydrogens (tertiary/aromatic N) is 1. The largest absolute Gasteiger partial charge is 0.248 e. The third kappa shape index (κ3) is 4.70. The van der Waals surface area contributed by atoms with Gasteiger partial charge in [0.25, 0.3) is 0 Å². The Morgan fingerprint density at radius 3 is 1.88 bits per heavy atom. The quantitative estimate of drug-likeness (QED) is 0.177. The molecule has 1 heteroatoms. The van der Waals surface area contributed by atoms with Crippen LogP contribution in [0.25, 0.3) is 61.0 Å². The fourth-order valence-electron chi connectivity index (χ4n) is 10.3. The molecule has 7 aromatic carbocycles. The fraction of sp³-hybridized carbons (Fsp3) is 0.109. The van der Waals surface area contributed by atoms with Crippen LogP contribution in [0, 0.1) is 0 Å². The standard InChI is InChI=1S/C55H41N/c1-54(2)46-26-11-13-28-48(46)55(49-29-14-12-27-47(49)54)45-32-31-39(42-24-15-22-37-19-9-10-23-41(37)42)33-44(45)53-43(25-16-30-50(53)55)52-35-40(36-17-5-3-6-18-36)34-51(56-52)38-20-7-4-8-21-38/h3-7,9-20,22-35H,8,21H2,1-2H3. The zero-order valence-corrected chi connectivity index (χ0v) is 31.8. The van der Waals surface area contributed by atoms with E-state index in [9.17, 15) is 0 Å². The highest BCUT2D eigenvalue weighted by Crippen LogP contribution is 2.63. The number of allylic oxidation sites excluding steroid dienone is 4. The summed E-state index contributed by atoms with van der Waals surface area (Å²) in [6, 6.07) is 63.5. The molecule has 0 amide bonds. The van der Waals surface area contributed by atoms with Gasteiger partial charge in [-0.05, 0) is 114 Å². The van der Waals surface area contributed by atoms with E-state index in [2.05, 4.69) is 202 Å². The van der Waals surface area contributed by atoms with E-state index in [-0.39, 0.29) is 5.41 Å². The predicted molar refractivity (Wildman–Crippen MR) is 234 cm³/mol. The number of hydrogen-bond donors (Lipinski definition) is 0. The highest BCUT2D eigenvalue weighted by Gasteiger charge is 2.53. The van der Waals surface area contributed by atoms with Gasteiger partial charge in [0.1, 0.15) is 0 Å². The van der Waals surface area contributed by atoms with Gasteiger partial charge in [-0.1, -0.05) is 184 Å². The van der Waals surface area contributed by atoms with E-state index in [1.165, 1.54) is 88.7 Å². The van der Waals surface area contributed by atoms with Crippen LogP contribution in [-0.4, -0.2) is 4.98 Å². The first-order valence-corrected chi connectivity index (χ1v) is 19.9. The molecular formula is C55H41N. The lowest BCUT2D eigenvalue weighted by Crippen LogP contribution is -2.40. The number of hydrogen-bond acceptors (Lipinski definition) is 1. The summed E-state index contributed by atoms with van der Waals surface area (Å²) in [5, 5.41) is 2.52. The van der Waals surface area contributed by atoms with E-state index in [0.29, 0.717) is 0 Å². The van der Waals surface area contributed by atoms with E-state index in [4.69, 9.17) is 4.98 Å². The molecule has 1 aromatic heterocycles. The van der Waals surface area contributed by atoms with Gasteiger partial charge in [-0.2, -0.15) is 0 Å². The minimum absolute atomic E-state index is 0.162. The molecule has 11 rings (SSSR count). The van der Waals surface area contributed by atoms with Crippen LogP contribution >= 0.6 is 0 Å². The lowest BCUT2D eigenvalue weighted by atomic mass is 9.55. The number of aromatic nitrogens is 1. The normalized spacial score (nSPS) is 15.5. The van der Waals surface area contributed by atoms with Crippen LogP contribution in [0.1, 0.15) is 65.8 Å². The first kappa shape index (κ1) is 32.8. The van der Waals surface area contributed by atoms with E-state index in [1.54, 1.807) is 0 Å². The van der Waals surface area contributed by atoms with Crippen molar-refractivity contribution in [3.63, 3.8) is 0 Å². The molecule has 1 heterocycles. The van der Waals surface area contributed by atoms with Gasteiger partial charge in [0.15, 0.2) is 0 Å². The maximum Gasteiger partial charge on any atom is 0.0721 e. The molecule has 8 aromatic rings. The van der Waals surface area contributed by atoms with Crippen LogP contribution in [0.15, 0.2) is 188 Å². The van der Waals surface area contributed by atoms with Crippen LogP contribution < -0.4 is 0 Å². The molecule has 0 saturated carbocycles. The summed E-state index contributed by atoms with van der Waals surface area (Å²) in [6.07, 6.45) is 8.70. The molecule has 266 valence electrons. The fourth-order valence-corrected chi connectivity index (χ4v) is 10.3. The van der Waals surface area contributed by atoms with Gasteiger partial charge >= 0.3 is 0 Å². The minimum atomic E-state index is -0.503. The second kappa shape index (κ2) is 12.5. The van der Waals surface area contributed by atoms with E-state index in [1.807, 2.05) is 0 Å². The van der Waals surface area contributed by atoms with Gasteiger partial charge in [-0.15, -0.1) is 0 Å². The van der Waals surface area contributed by atoms with Crippen molar-refractivity contribution in [3.8, 4) is 44.6 Å². The number of benzene rings is 7. The molecule has 1 nitrogen and oxygen atoms in total. The molecule has 3 aliphatic carbocycles. The van der Waals surface area contributed by atoms with Crippen molar-refractivity contribution in [2.45, 2.75) is 37.5 Å². The van der Waals surface area contributed by atoms with Crippen molar-refractivity contribution < 1.29 is 0 Å². The van der Waals surface area contributed by atoms with Crippen LogP contribution in [0.5, 0.6) is 0 Å². The zero-order valence-electron chi connectivity index (χ0n) is 31.8. The maximum absolute atomic E-state index is 5.57. The predicted octanol–water partition coefficient (Wildman–Crippen LogP) is 14.0. The Balaban J connectivity index is 1.26. The van der Waals surface area contributed by atoms with Gasteiger partial charge in [-0.3, -0.25) is 0 Å². The Labute approximate surface area is 329 Å². The summed E-state index contributed by atoms with van der Waals surface area (Å²) in [5.74, 6) is 0. The van der Waals surface area contributed by atoms with Crippen molar-refractivity contribution in [1.82, 2.24) is 4.98 Å². The van der Waals surface area contributed by atoms with Crippen molar-refractivity contribution in [2.75, 3.05) is 0 Å². The van der Waals surface area contributed by atoms with Gasteiger partial charge < -0.3 is 0 Å². The molecule has 0 saturated heterocycles. The van der Waals surface area contributed by atoms with Crippen LogP contribution in [0.2, 0.25) is 0 Å². The smallest absolute Gasteiger partial charge is 0.0721 e. The summed E-state index contributed by atoms with van der Waals surface area (Å²) in [5.41, 5.74) is 19.4. The number of rotatable bonds is 4. The lowest BCUT2D eigenvalue weighted by Gasteiger charge is -2.46. The minimum Gasteiger partial charge on any atom is -0.248 e. The Bertz CT molecular complexity index is 2890. The summed E-state index contributed by atoms with van der Waals surface area (Å²) in [7, 11) is 0. The third-order valence-corrected chi connectivity index (χ3v) is 12.8. The molecule has 56 heavy (non-hydrogen) atoms. The van der Waals surface area contributed by atoms with Crippen LogP contribution in [0.3, 0.4) is 0 Å². The van der Waals surface area contributed by atoms with E-state index < -0.39 is 5.41 Å². The molecule has 0 bridgehead atoms. The van der Waals surface area contributed by atoms with Crippen molar-refractivity contribution in [1.29, 1.82) is 0 Å². The highest BCUT2D eigenvalue weighted by atomic mass is 14.7. The van der Waals surface area contributed by atoms with Gasteiger partial charge in [0, 0.05) is 11.0 Å². The molecule has 0 unspecified atom stereocenters. The number of fused-ring (bicyclic) bond motifs is 10. The SMILES string of the molecule is CC1(C)c2ccccc2C2(c3ccc(-c4cccc5ccccc45)cc3-c3c(-c4cc(-c5ccccc5)cc(C5=CC=CCC5)n4)cccc32)c2ccccc21. The van der Waals surface area contributed by atoms with Gasteiger partial charge in [-0.25, -0.2) is 4.98 Å². The molecule has 0 fully saturated rings. The topological polar surface area (TPSA) is 12.9 Å². The Kier molecular flexibility index (Phi) is 7.32. The first-order valence-electron chi connectivity index (χ1n) is 19.9. The highest BCUT2D eigenvalue weighted by molar-refractivity contribution is 6.01. The summed E-state index contributed by atoms with van der Waals surface area (Å²) >= 11 is 0. The van der Waals surface area contributed by atoms with Crippen LogP contribution in [0.4, 0.5) is 0 Å². The average Bonchev–Trinajstić information content (AvgIpc) is 3.56. The molecule has 0 atom stereocenters. The van der Waals surface area contributed by atoms with E-state index >= 15 is 0 Å². The summed E-state index contributed by atoms with van der Waals surface area (Å²) in [4.78, 5) is 5.57. The maximum atomic E-state index is 5.57. The molecule has 3 aliphatic rings. The Morgan fingerprint density at radius 1 is 0.464 bits per heavy atom. The Hall–Kier alpha value is -6.57. The summed E-state index contributed by atoms with van der Waals surface area (Å²) < 4.78 is 0. The van der Waals surface area contributed by atoms with Crippen molar-refractivity contribution in [3.05, 3.63) is 227 Å².